The summed E-state index contributed by atoms with van der Waals surface area (Å²) in [5.74, 6) is -0.343. The lowest BCUT2D eigenvalue weighted by atomic mass is 10.1. The number of benzene rings is 1. The molecule has 1 rings (SSSR count). The number of unbranched alkanes of at least 4 members (excludes halogenated alkanes) is 5. The molecule has 0 aliphatic carbocycles. The molecule has 0 saturated carbocycles. The van der Waals surface area contributed by atoms with Crippen LogP contribution in [0.3, 0.4) is 0 Å². The Morgan fingerprint density at radius 3 is 2.48 bits per heavy atom. The fourth-order valence-electron chi connectivity index (χ4n) is 2.56. The summed E-state index contributed by atoms with van der Waals surface area (Å²) >= 11 is 0. The van der Waals surface area contributed by atoms with Crippen molar-refractivity contribution in [2.45, 2.75) is 52.0 Å². The Kier molecular flexibility index (Phi) is 10.9. The molecule has 0 radical (unpaired) electrons. The summed E-state index contributed by atoms with van der Waals surface area (Å²) in [6, 6.07) is 10.5. The minimum absolute atomic E-state index is 0.343. The van der Waals surface area contributed by atoms with Gasteiger partial charge in [-0.25, -0.2) is 4.79 Å². The van der Waals surface area contributed by atoms with E-state index in [9.17, 15) is 4.79 Å². The van der Waals surface area contributed by atoms with Gasteiger partial charge in [0, 0.05) is 19.2 Å². The van der Waals surface area contributed by atoms with Crippen molar-refractivity contribution in [2.24, 2.45) is 0 Å². The first-order chi connectivity index (χ1) is 11.3. The molecule has 0 spiro atoms. The molecule has 0 atom stereocenters. The van der Waals surface area contributed by atoms with E-state index in [0.717, 1.165) is 19.6 Å². The van der Waals surface area contributed by atoms with Crippen molar-refractivity contribution >= 4 is 5.97 Å². The summed E-state index contributed by atoms with van der Waals surface area (Å²) in [6.07, 6.45) is 8.98. The molecule has 0 aliphatic heterocycles. The molecular formula is C20H31NO2. The van der Waals surface area contributed by atoms with Crippen molar-refractivity contribution in [3.05, 3.63) is 48.6 Å². The van der Waals surface area contributed by atoms with Gasteiger partial charge in [0.05, 0.1) is 0 Å². The van der Waals surface area contributed by atoms with E-state index >= 15 is 0 Å². The second-order valence-corrected chi connectivity index (χ2v) is 5.90. The van der Waals surface area contributed by atoms with Gasteiger partial charge in [-0.2, -0.15) is 0 Å². The van der Waals surface area contributed by atoms with Crippen molar-refractivity contribution in [2.75, 3.05) is 19.7 Å². The van der Waals surface area contributed by atoms with E-state index in [1.54, 1.807) is 0 Å². The zero-order valence-electron chi connectivity index (χ0n) is 14.5. The van der Waals surface area contributed by atoms with Crippen LogP contribution in [0.15, 0.2) is 43.0 Å². The highest BCUT2D eigenvalue weighted by Gasteiger charge is 2.07. The average Bonchev–Trinajstić information content (AvgIpc) is 2.58. The first kappa shape index (κ1) is 19.4. The lowest BCUT2D eigenvalue weighted by Crippen LogP contribution is -2.29. The monoisotopic (exact) mass is 317 g/mol. The Labute approximate surface area is 141 Å². The molecule has 0 fully saturated rings. The van der Waals surface area contributed by atoms with E-state index < -0.39 is 0 Å². The molecule has 0 N–H and O–H groups in total. The molecule has 1 aromatic carbocycles. The van der Waals surface area contributed by atoms with Crippen molar-refractivity contribution < 1.29 is 9.53 Å². The number of esters is 1. The van der Waals surface area contributed by atoms with Gasteiger partial charge in [-0.1, -0.05) is 75.9 Å². The van der Waals surface area contributed by atoms with Crippen LogP contribution in [0.2, 0.25) is 0 Å². The van der Waals surface area contributed by atoms with Crippen molar-refractivity contribution in [3.8, 4) is 0 Å². The van der Waals surface area contributed by atoms with Gasteiger partial charge in [-0.3, -0.25) is 4.90 Å². The third kappa shape index (κ3) is 9.90. The van der Waals surface area contributed by atoms with Gasteiger partial charge in [-0.15, -0.1) is 0 Å². The van der Waals surface area contributed by atoms with Gasteiger partial charge in [0.1, 0.15) is 6.61 Å². The second-order valence-electron chi connectivity index (χ2n) is 5.90. The molecule has 0 bridgehead atoms. The maximum atomic E-state index is 11.2. The molecule has 0 heterocycles. The van der Waals surface area contributed by atoms with Crippen LogP contribution < -0.4 is 0 Å². The Morgan fingerprint density at radius 1 is 1.09 bits per heavy atom. The molecule has 0 amide bonds. The SMILES string of the molecule is C=CC(=O)OCCN(CCCCCCCC)Cc1ccccc1. The highest BCUT2D eigenvalue weighted by molar-refractivity contribution is 5.81. The maximum absolute atomic E-state index is 11.2. The third-order valence-corrected chi connectivity index (χ3v) is 3.90. The minimum atomic E-state index is -0.343. The molecule has 0 unspecified atom stereocenters. The molecular weight excluding hydrogens is 286 g/mol. The number of rotatable bonds is 13. The fraction of sp³-hybridized carbons (Fsp3) is 0.550. The van der Waals surface area contributed by atoms with Gasteiger partial charge in [0.25, 0.3) is 0 Å². The number of nitrogens with zero attached hydrogens (tertiary/aromatic N) is 1. The Hall–Kier alpha value is -1.61. The summed E-state index contributed by atoms with van der Waals surface area (Å²) in [4.78, 5) is 13.5. The largest absolute Gasteiger partial charge is 0.461 e. The Morgan fingerprint density at radius 2 is 1.78 bits per heavy atom. The van der Waals surface area contributed by atoms with Crippen LogP contribution in [-0.2, 0) is 16.1 Å². The maximum Gasteiger partial charge on any atom is 0.330 e. The van der Waals surface area contributed by atoms with Crippen LogP contribution in [0, 0.1) is 0 Å². The minimum Gasteiger partial charge on any atom is -0.461 e. The van der Waals surface area contributed by atoms with Crippen LogP contribution in [0.25, 0.3) is 0 Å². The van der Waals surface area contributed by atoms with Crippen molar-refractivity contribution in [3.63, 3.8) is 0 Å². The highest BCUT2D eigenvalue weighted by Crippen LogP contribution is 2.09. The smallest absolute Gasteiger partial charge is 0.330 e. The van der Waals surface area contributed by atoms with E-state index in [2.05, 4.69) is 42.7 Å². The third-order valence-electron chi connectivity index (χ3n) is 3.90. The van der Waals surface area contributed by atoms with E-state index in [1.807, 2.05) is 6.07 Å². The van der Waals surface area contributed by atoms with E-state index in [1.165, 1.54) is 50.2 Å². The molecule has 1 aromatic rings. The van der Waals surface area contributed by atoms with Crippen LogP contribution in [0.4, 0.5) is 0 Å². The average molecular weight is 317 g/mol. The van der Waals surface area contributed by atoms with Gasteiger partial charge in [0.15, 0.2) is 0 Å². The zero-order chi connectivity index (χ0) is 16.8. The van der Waals surface area contributed by atoms with Gasteiger partial charge in [-0.05, 0) is 18.5 Å². The molecule has 0 saturated heterocycles. The molecule has 3 nitrogen and oxygen atoms in total. The standard InChI is InChI=1S/C20H31NO2/c1-3-5-6-7-8-12-15-21(16-17-23-20(22)4-2)18-19-13-10-9-11-14-19/h4,9-11,13-14H,2-3,5-8,12,15-18H2,1H3. The molecule has 0 aliphatic rings. The predicted molar refractivity (Wildman–Crippen MR) is 96.3 cm³/mol. The van der Waals surface area contributed by atoms with Crippen LogP contribution in [0.5, 0.6) is 0 Å². The Bertz CT molecular complexity index is 431. The van der Waals surface area contributed by atoms with Crippen LogP contribution >= 0.6 is 0 Å². The van der Waals surface area contributed by atoms with Gasteiger partial charge >= 0.3 is 5.97 Å². The Balaban J connectivity index is 2.34. The van der Waals surface area contributed by atoms with E-state index in [0.29, 0.717) is 6.61 Å². The molecule has 128 valence electrons. The quantitative estimate of drug-likeness (QED) is 0.303. The summed E-state index contributed by atoms with van der Waals surface area (Å²) in [5.41, 5.74) is 1.30. The number of hydrogen-bond acceptors (Lipinski definition) is 3. The second kappa shape index (κ2) is 12.9. The van der Waals surface area contributed by atoms with Crippen LogP contribution in [-0.4, -0.2) is 30.6 Å². The molecule has 3 heteroatoms. The fourth-order valence-corrected chi connectivity index (χ4v) is 2.56. The van der Waals surface area contributed by atoms with Crippen molar-refractivity contribution in [1.29, 1.82) is 0 Å². The molecule has 0 aromatic heterocycles. The first-order valence-electron chi connectivity index (χ1n) is 8.81. The highest BCUT2D eigenvalue weighted by atomic mass is 16.5. The van der Waals surface area contributed by atoms with Gasteiger partial charge in [0.2, 0.25) is 0 Å². The van der Waals surface area contributed by atoms with Gasteiger partial charge < -0.3 is 4.74 Å². The normalized spacial score (nSPS) is 10.7. The number of hydrogen-bond donors (Lipinski definition) is 0. The van der Waals surface area contributed by atoms with Crippen LogP contribution in [0.1, 0.15) is 51.0 Å². The van der Waals surface area contributed by atoms with Crippen molar-refractivity contribution in [1.82, 2.24) is 4.90 Å². The van der Waals surface area contributed by atoms with E-state index in [-0.39, 0.29) is 5.97 Å². The summed E-state index contributed by atoms with van der Waals surface area (Å²) in [5, 5.41) is 0. The number of carbonyl (C=O) groups excluding carboxylic acids is 1. The topological polar surface area (TPSA) is 29.5 Å². The zero-order valence-corrected chi connectivity index (χ0v) is 14.5. The van der Waals surface area contributed by atoms with E-state index in [4.69, 9.17) is 4.74 Å². The predicted octanol–water partition coefficient (Wildman–Crippen LogP) is 4.58. The first-order valence-corrected chi connectivity index (χ1v) is 8.81. The lowest BCUT2D eigenvalue weighted by molar-refractivity contribution is -0.138. The summed E-state index contributed by atoms with van der Waals surface area (Å²) in [7, 11) is 0. The summed E-state index contributed by atoms with van der Waals surface area (Å²) in [6.45, 7) is 8.81. The summed E-state index contributed by atoms with van der Waals surface area (Å²) < 4.78 is 5.12. The number of ether oxygens (including phenoxy) is 1. The molecule has 23 heavy (non-hydrogen) atoms. The number of carbonyl (C=O) groups is 1. The lowest BCUT2D eigenvalue weighted by Gasteiger charge is -2.22.